The van der Waals surface area contributed by atoms with Gasteiger partial charge in [0.15, 0.2) is 0 Å². The van der Waals surface area contributed by atoms with Gasteiger partial charge in [-0.1, -0.05) is 24.3 Å². The highest BCUT2D eigenvalue weighted by Crippen LogP contribution is 2.20. The van der Waals surface area contributed by atoms with Crippen molar-refractivity contribution in [2.45, 2.75) is 25.8 Å². The molecule has 0 bridgehead atoms. The highest BCUT2D eigenvalue weighted by atomic mass is 15.1. The van der Waals surface area contributed by atoms with Gasteiger partial charge in [0.2, 0.25) is 0 Å². The minimum atomic E-state index is 0.885. The number of likely N-dealkylation sites (tertiary alicyclic amines) is 1. The number of rotatable bonds is 7. The van der Waals surface area contributed by atoms with E-state index in [1.54, 1.807) is 0 Å². The van der Waals surface area contributed by atoms with E-state index in [4.69, 9.17) is 0 Å². The third-order valence-electron chi connectivity index (χ3n) is 4.49. The van der Waals surface area contributed by atoms with Crippen molar-refractivity contribution in [3.63, 3.8) is 0 Å². The molecule has 0 atom stereocenters. The average molecular weight is 289 g/mol. The maximum absolute atomic E-state index is 3.25. The van der Waals surface area contributed by atoms with Crippen LogP contribution in [0.4, 0.5) is 0 Å². The molecule has 1 aromatic rings. The maximum atomic E-state index is 3.25. The Hall–Kier alpha value is -0.900. The van der Waals surface area contributed by atoms with Crippen molar-refractivity contribution in [1.29, 1.82) is 0 Å². The first-order chi connectivity index (χ1) is 10.2. The van der Waals surface area contributed by atoms with Crippen molar-refractivity contribution >= 4 is 0 Å². The Morgan fingerprint density at radius 1 is 1.14 bits per heavy atom. The molecular weight excluding hydrogens is 258 g/mol. The molecule has 1 aliphatic rings. The molecule has 1 N–H and O–H groups in total. The van der Waals surface area contributed by atoms with Crippen molar-refractivity contribution in [3.8, 4) is 0 Å². The normalized spacial score (nSPS) is 17.5. The summed E-state index contributed by atoms with van der Waals surface area (Å²) in [6, 6.07) is 8.93. The van der Waals surface area contributed by atoms with Gasteiger partial charge in [0.05, 0.1) is 0 Å². The van der Waals surface area contributed by atoms with E-state index in [0.29, 0.717) is 0 Å². The standard InChI is InChI=1S/C18H31N3/c1-19-11-8-17-6-4-5-7-18(17)15-21-12-9-16(10-13-21)14-20(2)3/h4-7,16,19H,8-15H2,1-3H3. The molecule has 0 unspecified atom stereocenters. The zero-order valence-corrected chi connectivity index (χ0v) is 13.9. The molecule has 3 heteroatoms. The van der Waals surface area contributed by atoms with Gasteiger partial charge in [-0.3, -0.25) is 4.90 Å². The molecule has 0 aromatic heterocycles. The number of piperidine rings is 1. The Balaban J connectivity index is 1.85. The molecule has 1 fully saturated rings. The Bertz CT molecular complexity index is 409. The second kappa shape index (κ2) is 8.52. The second-order valence-corrected chi connectivity index (χ2v) is 6.60. The van der Waals surface area contributed by atoms with Crippen LogP contribution in [0, 0.1) is 5.92 Å². The van der Waals surface area contributed by atoms with E-state index in [-0.39, 0.29) is 0 Å². The molecule has 1 aromatic carbocycles. The van der Waals surface area contributed by atoms with E-state index in [1.807, 2.05) is 7.05 Å². The van der Waals surface area contributed by atoms with Gasteiger partial charge in [-0.25, -0.2) is 0 Å². The molecule has 1 heterocycles. The fourth-order valence-electron chi connectivity index (χ4n) is 3.30. The first-order valence-corrected chi connectivity index (χ1v) is 8.27. The van der Waals surface area contributed by atoms with Gasteiger partial charge >= 0.3 is 0 Å². The van der Waals surface area contributed by atoms with E-state index in [9.17, 15) is 0 Å². The highest BCUT2D eigenvalue weighted by Gasteiger charge is 2.20. The number of likely N-dealkylation sites (N-methyl/N-ethyl adjacent to an activating group) is 1. The molecule has 0 aliphatic carbocycles. The van der Waals surface area contributed by atoms with E-state index in [1.165, 1.54) is 43.6 Å². The fourth-order valence-corrected chi connectivity index (χ4v) is 3.30. The number of benzene rings is 1. The number of nitrogens with zero attached hydrogens (tertiary/aromatic N) is 2. The molecule has 21 heavy (non-hydrogen) atoms. The van der Waals surface area contributed by atoms with E-state index in [2.05, 4.69) is 53.5 Å². The number of hydrogen-bond acceptors (Lipinski definition) is 3. The Morgan fingerprint density at radius 2 is 1.81 bits per heavy atom. The second-order valence-electron chi connectivity index (χ2n) is 6.60. The summed E-state index contributed by atoms with van der Waals surface area (Å²) in [6.07, 6.45) is 3.82. The summed E-state index contributed by atoms with van der Waals surface area (Å²) in [5, 5.41) is 3.25. The average Bonchev–Trinajstić information content (AvgIpc) is 2.48. The lowest BCUT2D eigenvalue weighted by molar-refractivity contribution is 0.156. The van der Waals surface area contributed by atoms with Crippen LogP contribution in [0.5, 0.6) is 0 Å². The van der Waals surface area contributed by atoms with Gasteiger partial charge in [0, 0.05) is 13.1 Å². The van der Waals surface area contributed by atoms with Crippen molar-refractivity contribution < 1.29 is 0 Å². The maximum Gasteiger partial charge on any atom is 0.0236 e. The lowest BCUT2D eigenvalue weighted by atomic mass is 9.95. The first-order valence-electron chi connectivity index (χ1n) is 8.27. The smallest absolute Gasteiger partial charge is 0.0236 e. The van der Waals surface area contributed by atoms with Gasteiger partial charge in [-0.2, -0.15) is 0 Å². The third kappa shape index (κ3) is 5.42. The van der Waals surface area contributed by atoms with Crippen molar-refractivity contribution in [1.82, 2.24) is 15.1 Å². The summed E-state index contributed by atoms with van der Waals surface area (Å²) in [5.74, 6) is 0.885. The largest absolute Gasteiger partial charge is 0.319 e. The Morgan fingerprint density at radius 3 is 2.43 bits per heavy atom. The predicted octanol–water partition coefficient (Wildman–Crippen LogP) is 2.22. The highest BCUT2D eigenvalue weighted by molar-refractivity contribution is 5.27. The Labute approximate surface area is 130 Å². The third-order valence-corrected chi connectivity index (χ3v) is 4.49. The molecule has 0 spiro atoms. The van der Waals surface area contributed by atoms with E-state index < -0.39 is 0 Å². The number of nitrogens with one attached hydrogen (secondary N) is 1. The van der Waals surface area contributed by atoms with Gasteiger partial charge < -0.3 is 10.2 Å². The first kappa shape index (κ1) is 16.5. The van der Waals surface area contributed by atoms with Crippen LogP contribution in [-0.2, 0) is 13.0 Å². The predicted molar refractivity (Wildman–Crippen MR) is 90.6 cm³/mol. The van der Waals surface area contributed by atoms with Gasteiger partial charge in [-0.05, 0) is 77.1 Å². The van der Waals surface area contributed by atoms with Crippen LogP contribution in [0.3, 0.4) is 0 Å². The molecular formula is C18H31N3. The summed E-state index contributed by atoms with van der Waals surface area (Å²) >= 11 is 0. The SMILES string of the molecule is CNCCc1ccccc1CN1CCC(CN(C)C)CC1. The quantitative estimate of drug-likeness (QED) is 0.830. The zero-order valence-electron chi connectivity index (χ0n) is 13.9. The summed E-state index contributed by atoms with van der Waals surface area (Å²) in [6.45, 7) is 5.92. The van der Waals surface area contributed by atoms with Crippen LogP contribution >= 0.6 is 0 Å². The summed E-state index contributed by atoms with van der Waals surface area (Å²) < 4.78 is 0. The fraction of sp³-hybridized carbons (Fsp3) is 0.667. The van der Waals surface area contributed by atoms with Crippen LogP contribution in [0.1, 0.15) is 24.0 Å². The van der Waals surface area contributed by atoms with Crippen LogP contribution in [0.25, 0.3) is 0 Å². The van der Waals surface area contributed by atoms with E-state index >= 15 is 0 Å². The van der Waals surface area contributed by atoms with Crippen molar-refractivity contribution in [3.05, 3.63) is 35.4 Å². The van der Waals surface area contributed by atoms with Crippen LogP contribution in [-0.4, -0.2) is 57.1 Å². The minimum absolute atomic E-state index is 0.885. The number of hydrogen-bond donors (Lipinski definition) is 1. The Kier molecular flexibility index (Phi) is 6.68. The topological polar surface area (TPSA) is 18.5 Å². The monoisotopic (exact) mass is 289 g/mol. The van der Waals surface area contributed by atoms with Crippen LogP contribution < -0.4 is 5.32 Å². The molecule has 1 saturated heterocycles. The van der Waals surface area contributed by atoms with Gasteiger partial charge in [0.1, 0.15) is 0 Å². The van der Waals surface area contributed by atoms with Crippen LogP contribution in [0.2, 0.25) is 0 Å². The molecule has 2 rings (SSSR count). The van der Waals surface area contributed by atoms with E-state index in [0.717, 1.165) is 25.4 Å². The van der Waals surface area contributed by atoms with Crippen LogP contribution in [0.15, 0.2) is 24.3 Å². The van der Waals surface area contributed by atoms with Crippen molar-refractivity contribution in [2.24, 2.45) is 5.92 Å². The minimum Gasteiger partial charge on any atom is -0.319 e. The molecule has 0 radical (unpaired) electrons. The molecule has 118 valence electrons. The van der Waals surface area contributed by atoms with Gasteiger partial charge in [-0.15, -0.1) is 0 Å². The van der Waals surface area contributed by atoms with Crippen molar-refractivity contribution in [2.75, 3.05) is 47.3 Å². The molecule has 1 aliphatic heterocycles. The molecule has 0 saturated carbocycles. The zero-order chi connectivity index (χ0) is 15.1. The summed E-state index contributed by atoms with van der Waals surface area (Å²) in [7, 11) is 6.40. The lowest BCUT2D eigenvalue weighted by Crippen LogP contribution is -2.36. The summed E-state index contributed by atoms with van der Waals surface area (Å²) in [5.41, 5.74) is 3.01. The lowest BCUT2D eigenvalue weighted by Gasteiger charge is -2.33. The molecule has 3 nitrogen and oxygen atoms in total. The van der Waals surface area contributed by atoms with Gasteiger partial charge in [0.25, 0.3) is 0 Å². The summed E-state index contributed by atoms with van der Waals surface area (Å²) in [4.78, 5) is 4.96. The molecule has 0 amide bonds.